The van der Waals surface area contributed by atoms with Crippen LogP contribution in [0.3, 0.4) is 0 Å². The number of aryl methyl sites for hydroxylation is 2. The van der Waals surface area contributed by atoms with Gasteiger partial charge in [-0.1, -0.05) is 95.7 Å². The standard InChI is InChI=1S/C38H38ClN5O3S/c1-5-46-33-22-28(16-18-32(33)47-20-19-27-11-7-6-8-12-27)35-34(36(45)41-31-17-15-24(2)21-25(31)3)26(4)40-37-42-38(43-44(35)37)48-23-29-13-9-10-14-30(29)39/h6-18,21-22,35H,5,19-20,23H2,1-4H3,(H,41,45)(H,40,42,43). The van der Waals surface area contributed by atoms with Gasteiger partial charge < -0.3 is 20.1 Å². The highest BCUT2D eigenvalue weighted by atomic mass is 35.5. The SMILES string of the molecule is CCOc1cc(C2C(C(=O)Nc3ccc(C)cc3C)=C(C)Nc3nc(SCc4ccccc4Cl)nn32)ccc1OCCc1ccccc1. The number of fused-ring (bicyclic) bond motifs is 1. The maximum atomic E-state index is 14.2. The van der Waals surface area contributed by atoms with Crippen molar-refractivity contribution in [3.63, 3.8) is 0 Å². The number of carbonyl (C=O) groups excluding carboxylic acids is 1. The molecule has 246 valence electrons. The van der Waals surface area contributed by atoms with Crippen molar-refractivity contribution in [1.82, 2.24) is 14.8 Å². The normalized spacial score (nSPS) is 13.9. The second-order valence-corrected chi connectivity index (χ2v) is 13.0. The lowest BCUT2D eigenvalue weighted by molar-refractivity contribution is -0.113. The predicted molar refractivity (Wildman–Crippen MR) is 193 cm³/mol. The zero-order chi connectivity index (χ0) is 33.6. The van der Waals surface area contributed by atoms with Gasteiger partial charge in [0.05, 0.1) is 18.8 Å². The number of allylic oxidation sites excluding steroid dienone is 1. The van der Waals surface area contributed by atoms with Gasteiger partial charge in [-0.15, -0.1) is 5.10 Å². The van der Waals surface area contributed by atoms with Crippen LogP contribution in [0, 0.1) is 13.8 Å². The van der Waals surface area contributed by atoms with Crippen molar-refractivity contribution in [3.05, 3.63) is 135 Å². The minimum Gasteiger partial charge on any atom is -0.490 e. The lowest BCUT2D eigenvalue weighted by Crippen LogP contribution is -2.31. The van der Waals surface area contributed by atoms with Gasteiger partial charge in [-0.2, -0.15) is 4.98 Å². The number of anilines is 2. The third-order valence-electron chi connectivity index (χ3n) is 8.10. The predicted octanol–water partition coefficient (Wildman–Crippen LogP) is 8.79. The molecule has 8 nitrogen and oxygen atoms in total. The van der Waals surface area contributed by atoms with Crippen LogP contribution >= 0.6 is 23.4 Å². The van der Waals surface area contributed by atoms with Gasteiger partial charge >= 0.3 is 0 Å². The summed E-state index contributed by atoms with van der Waals surface area (Å²) in [7, 11) is 0. The first kappa shape index (κ1) is 33.2. The zero-order valence-electron chi connectivity index (χ0n) is 27.4. The quantitative estimate of drug-likeness (QED) is 0.127. The number of rotatable bonds is 12. The molecule has 0 bridgehead atoms. The summed E-state index contributed by atoms with van der Waals surface area (Å²) in [6.07, 6.45) is 0.768. The minimum absolute atomic E-state index is 0.232. The maximum Gasteiger partial charge on any atom is 0.255 e. The van der Waals surface area contributed by atoms with E-state index in [1.165, 1.54) is 17.3 Å². The van der Waals surface area contributed by atoms with Crippen LogP contribution in [-0.4, -0.2) is 33.9 Å². The van der Waals surface area contributed by atoms with Gasteiger partial charge in [0.2, 0.25) is 11.1 Å². The molecule has 0 spiro atoms. The molecule has 0 saturated carbocycles. The van der Waals surface area contributed by atoms with E-state index in [-0.39, 0.29) is 5.91 Å². The van der Waals surface area contributed by atoms with Gasteiger partial charge in [0.15, 0.2) is 11.5 Å². The number of aromatic nitrogens is 3. The third kappa shape index (κ3) is 7.53. The first-order valence-corrected chi connectivity index (χ1v) is 17.3. The number of nitrogens with zero attached hydrogens (tertiary/aromatic N) is 3. The highest BCUT2D eigenvalue weighted by molar-refractivity contribution is 7.98. The van der Waals surface area contributed by atoms with Crippen molar-refractivity contribution < 1.29 is 14.3 Å². The molecule has 4 aromatic carbocycles. The van der Waals surface area contributed by atoms with Crippen LogP contribution in [0.2, 0.25) is 5.02 Å². The number of ether oxygens (including phenoxy) is 2. The van der Waals surface area contributed by atoms with Crippen molar-refractivity contribution in [2.75, 3.05) is 23.8 Å². The molecule has 1 aliphatic heterocycles. The molecule has 1 aliphatic rings. The fourth-order valence-electron chi connectivity index (χ4n) is 5.70. The number of benzene rings is 4. The topological polar surface area (TPSA) is 90.3 Å². The minimum atomic E-state index is -0.591. The third-order valence-corrected chi connectivity index (χ3v) is 9.35. The van der Waals surface area contributed by atoms with Crippen molar-refractivity contribution in [3.8, 4) is 11.5 Å². The molecule has 6 rings (SSSR count). The maximum absolute atomic E-state index is 14.2. The number of carbonyl (C=O) groups is 1. The Morgan fingerprint density at radius 3 is 2.52 bits per heavy atom. The molecule has 2 heterocycles. The summed E-state index contributed by atoms with van der Waals surface area (Å²) in [5.74, 6) is 2.16. The van der Waals surface area contributed by atoms with E-state index in [9.17, 15) is 4.79 Å². The van der Waals surface area contributed by atoms with E-state index >= 15 is 0 Å². The zero-order valence-corrected chi connectivity index (χ0v) is 29.0. The summed E-state index contributed by atoms with van der Waals surface area (Å²) in [6, 6.07) is 29.2. The fourth-order valence-corrected chi connectivity index (χ4v) is 6.82. The van der Waals surface area contributed by atoms with Crippen LogP contribution in [0.5, 0.6) is 11.5 Å². The summed E-state index contributed by atoms with van der Waals surface area (Å²) < 4.78 is 14.1. The van der Waals surface area contributed by atoms with E-state index in [2.05, 4.69) is 28.8 Å². The lowest BCUT2D eigenvalue weighted by atomic mass is 9.94. The molecule has 1 amide bonds. The second-order valence-electron chi connectivity index (χ2n) is 11.6. The fraction of sp³-hybridized carbons (Fsp3) is 0.237. The molecule has 0 fully saturated rings. The van der Waals surface area contributed by atoms with E-state index in [1.807, 2.05) is 100 Å². The van der Waals surface area contributed by atoms with E-state index in [0.717, 1.165) is 34.4 Å². The smallest absolute Gasteiger partial charge is 0.255 e. The van der Waals surface area contributed by atoms with Crippen LogP contribution in [0.25, 0.3) is 0 Å². The molecule has 0 aliphatic carbocycles. The van der Waals surface area contributed by atoms with Crippen LogP contribution in [-0.2, 0) is 17.0 Å². The first-order chi connectivity index (χ1) is 23.3. The molecule has 48 heavy (non-hydrogen) atoms. The Kier molecular flexibility index (Phi) is 10.4. The molecule has 1 aromatic heterocycles. The van der Waals surface area contributed by atoms with Crippen molar-refractivity contribution in [2.45, 2.75) is 51.1 Å². The molecular weight excluding hydrogens is 642 g/mol. The molecule has 1 unspecified atom stereocenters. The van der Waals surface area contributed by atoms with E-state index in [0.29, 0.717) is 57.9 Å². The molecule has 10 heteroatoms. The molecule has 2 N–H and O–H groups in total. The summed E-state index contributed by atoms with van der Waals surface area (Å²) in [6.45, 7) is 8.81. The number of hydrogen-bond donors (Lipinski definition) is 2. The van der Waals surface area contributed by atoms with E-state index in [4.69, 9.17) is 31.2 Å². The molecule has 0 radical (unpaired) electrons. The van der Waals surface area contributed by atoms with E-state index < -0.39 is 6.04 Å². The number of hydrogen-bond acceptors (Lipinski definition) is 7. The Hall–Kier alpha value is -4.73. The van der Waals surface area contributed by atoms with Crippen LogP contribution in [0.4, 0.5) is 11.6 Å². The molecule has 5 aromatic rings. The average molecular weight is 680 g/mol. The Bertz CT molecular complexity index is 1960. The van der Waals surface area contributed by atoms with Crippen LogP contribution < -0.4 is 20.1 Å². The van der Waals surface area contributed by atoms with Gasteiger partial charge in [-0.05, 0) is 74.2 Å². The Balaban J connectivity index is 1.34. The van der Waals surface area contributed by atoms with Crippen molar-refractivity contribution >= 4 is 40.9 Å². The van der Waals surface area contributed by atoms with Gasteiger partial charge in [0.1, 0.15) is 6.04 Å². The van der Waals surface area contributed by atoms with E-state index in [1.54, 1.807) is 4.68 Å². The summed E-state index contributed by atoms with van der Waals surface area (Å²) in [5, 5.41) is 12.7. The van der Waals surface area contributed by atoms with Gasteiger partial charge in [0.25, 0.3) is 5.91 Å². The first-order valence-electron chi connectivity index (χ1n) is 15.9. The molecule has 1 atom stereocenters. The van der Waals surface area contributed by atoms with Gasteiger partial charge in [-0.25, -0.2) is 4.68 Å². The number of nitrogens with one attached hydrogen (secondary N) is 2. The Morgan fingerprint density at radius 2 is 1.75 bits per heavy atom. The summed E-state index contributed by atoms with van der Waals surface area (Å²) in [5.41, 5.74) is 7.08. The average Bonchev–Trinajstić information content (AvgIpc) is 3.48. The summed E-state index contributed by atoms with van der Waals surface area (Å²) in [4.78, 5) is 19.0. The summed E-state index contributed by atoms with van der Waals surface area (Å²) >= 11 is 7.91. The number of amides is 1. The van der Waals surface area contributed by atoms with Crippen LogP contribution in [0.1, 0.15) is 47.7 Å². The highest BCUT2D eigenvalue weighted by Crippen LogP contribution is 2.40. The second kappa shape index (κ2) is 15.0. The Labute approximate surface area is 290 Å². The molecule has 0 saturated heterocycles. The van der Waals surface area contributed by atoms with Crippen LogP contribution in [0.15, 0.2) is 107 Å². The number of thioether (sulfide) groups is 1. The Morgan fingerprint density at radius 1 is 0.958 bits per heavy atom. The van der Waals surface area contributed by atoms with Gasteiger partial charge in [-0.3, -0.25) is 4.79 Å². The van der Waals surface area contributed by atoms with Crippen molar-refractivity contribution in [1.29, 1.82) is 0 Å². The van der Waals surface area contributed by atoms with Crippen molar-refractivity contribution in [2.24, 2.45) is 0 Å². The number of halogens is 1. The molecular formula is C38H38ClN5O3S. The highest BCUT2D eigenvalue weighted by Gasteiger charge is 2.35. The monoisotopic (exact) mass is 679 g/mol. The largest absolute Gasteiger partial charge is 0.490 e. The van der Waals surface area contributed by atoms with Gasteiger partial charge in [0, 0.05) is 28.6 Å². The lowest BCUT2D eigenvalue weighted by Gasteiger charge is -2.29.